The third-order valence-corrected chi connectivity index (χ3v) is 2.43. The molecule has 0 aliphatic heterocycles. The van der Waals surface area contributed by atoms with Crippen molar-refractivity contribution in [1.82, 2.24) is 0 Å². The van der Waals surface area contributed by atoms with E-state index in [4.69, 9.17) is 23.7 Å². The zero-order chi connectivity index (χ0) is 9.40. The standard InChI is InChI=1S/C9H20N2S/c1-2-3-4-5-6-8(7-10)9(11)12/h8H,2-7,10H2,1H3,(H2,11,12). The second-order valence-electron chi connectivity index (χ2n) is 3.18. The summed E-state index contributed by atoms with van der Waals surface area (Å²) in [5.74, 6) is 0.261. The molecule has 0 radical (unpaired) electrons. The second-order valence-corrected chi connectivity index (χ2v) is 3.66. The highest BCUT2D eigenvalue weighted by Gasteiger charge is 2.08. The molecule has 0 saturated heterocycles. The minimum atomic E-state index is 0.261. The van der Waals surface area contributed by atoms with Crippen molar-refractivity contribution in [3.8, 4) is 0 Å². The zero-order valence-corrected chi connectivity index (χ0v) is 8.70. The summed E-state index contributed by atoms with van der Waals surface area (Å²) in [5.41, 5.74) is 11.0. The van der Waals surface area contributed by atoms with Gasteiger partial charge in [0.05, 0.1) is 4.99 Å². The number of unbranched alkanes of at least 4 members (excludes halogenated alkanes) is 3. The minimum absolute atomic E-state index is 0.261. The van der Waals surface area contributed by atoms with E-state index >= 15 is 0 Å². The van der Waals surface area contributed by atoms with Crippen LogP contribution in [0.5, 0.6) is 0 Å². The number of hydrogen-bond donors (Lipinski definition) is 2. The van der Waals surface area contributed by atoms with E-state index in [9.17, 15) is 0 Å². The van der Waals surface area contributed by atoms with Crippen molar-refractivity contribution < 1.29 is 0 Å². The highest BCUT2D eigenvalue weighted by atomic mass is 32.1. The maximum absolute atomic E-state index is 5.52. The van der Waals surface area contributed by atoms with Crippen LogP contribution in [0, 0.1) is 5.92 Å². The average molecular weight is 188 g/mol. The summed E-state index contributed by atoms with van der Waals surface area (Å²) in [5, 5.41) is 0. The van der Waals surface area contributed by atoms with Gasteiger partial charge in [-0.2, -0.15) is 0 Å². The van der Waals surface area contributed by atoms with Gasteiger partial charge in [-0.05, 0) is 6.42 Å². The summed E-state index contributed by atoms with van der Waals surface area (Å²) in [6, 6.07) is 0. The van der Waals surface area contributed by atoms with Gasteiger partial charge in [0.1, 0.15) is 0 Å². The Balaban J connectivity index is 3.38. The van der Waals surface area contributed by atoms with Crippen LogP contribution in [0.15, 0.2) is 0 Å². The predicted molar refractivity (Wildman–Crippen MR) is 58.1 cm³/mol. The zero-order valence-electron chi connectivity index (χ0n) is 7.88. The Morgan fingerprint density at radius 2 is 2.00 bits per heavy atom. The lowest BCUT2D eigenvalue weighted by atomic mass is 10.0. The molecule has 3 heteroatoms. The first-order valence-electron chi connectivity index (χ1n) is 4.71. The smallest absolute Gasteiger partial charge is 0.0771 e. The van der Waals surface area contributed by atoms with Gasteiger partial charge in [-0.1, -0.05) is 44.8 Å². The third-order valence-electron chi connectivity index (χ3n) is 2.09. The fraction of sp³-hybridized carbons (Fsp3) is 0.889. The van der Waals surface area contributed by atoms with Gasteiger partial charge in [-0.3, -0.25) is 0 Å². The molecule has 1 unspecified atom stereocenters. The lowest BCUT2D eigenvalue weighted by Gasteiger charge is -2.11. The monoisotopic (exact) mass is 188 g/mol. The Bertz CT molecular complexity index is 126. The summed E-state index contributed by atoms with van der Waals surface area (Å²) in [7, 11) is 0. The molecule has 2 nitrogen and oxygen atoms in total. The quantitative estimate of drug-likeness (QED) is 0.473. The van der Waals surface area contributed by atoms with Gasteiger partial charge >= 0.3 is 0 Å². The fourth-order valence-corrected chi connectivity index (χ4v) is 1.41. The molecular weight excluding hydrogens is 168 g/mol. The topological polar surface area (TPSA) is 52.0 Å². The Hall–Kier alpha value is -0.150. The molecule has 12 heavy (non-hydrogen) atoms. The molecule has 72 valence electrons. The van der Waals surface area contributed by atoms with Crippen molar-refractivity contribution in [3.05, 3.63) is 0 Å². The third kappa shape index (κ3) is 5.49. The molecule has 0 rings (SSSR count). The van der Waals surface area contributed by atoms with Crippen molar-refractivity contribution in [2.45, 2.75) is 39.0 Å². The number of thiocarbonyl (C=S) groups is 1. The number of rotatable bonds is 7. The highest BCUT2D eigenvalue weighted by Crippen LogP contribution is 2.09. The fourth-order valence-electron chi connectivity index (χ4n) is 1.19. The van der Waals surface area contributed by atoms with Crippen LogP contribution in [0.1, 0.15) is 39.0 Å². The van der Waals surface area contributed by atoms with Crippen molar-refractivity contribution in [3.63, 3.8) is 0 Å². The molecule has 0 bridgehead atoms. The van der Waals surface area contributed by atoms with E-state index in [-0.39, 0.29) is 5.92 Å². The number of hydrogen-bond acceptors (Lipinski definition) is 2. The SMILES string of the molecule is CCCCCCC(CN)C(N)=S. The normalized spacial score (nSPS) is 12.8. The number of nitrogens with two attached hydrogens (primary N) is 2. The van der Waals surface area contributed by atoms with Crippen LogP contribution in [0.2, 0.25) is 0 Å². The summed E-state index contributed by atoms with van der Waals surface area (Å²) in [4.78, 5) is 0.578. The molecule has 4 N–H and O–H groups in total. The Morgan fingerprint density at radius 3 is 2.42 bits per heavy atom. The molecule has 1 atom stereocenters. The lowest BCUT2D eigenvalue weighted by Crippen LogP contribution is -2.28. The van der Waals surface area contributed by atoms with Crippen LogP contribution >= 0.6 is 12.2 Å². The van der Waals surface area contributed by atoms with E-state index in [2.05, 4.69) is 6.92 Å². The summed E-state index contributed by atoms with van der Waals surface area (Å²) in [6.45, 7) is 2.80. The molecule has 0 aliphatic rings. The van der Waals surface area contributed by atoms with Gasteiger partial charge in [-0.15, -0.1) is 0 Å². The van der Waals surface area contributed by atoms with Crippen LogP contribution in [0.3, 0.4) is 0 Å². The van der Waals surface area contributed by atoms with E-state index in [0.29, 0.717) is 11.5 Å². The molecular formula is C9H20N2S. The van der Waals surface area contributed by atoms with Gasteiger partial charge in [0.25, 0.3) is 0 Å². The molecule has 0 aromatic rings. The second kappa shape index (κ2) is 7.50. The van der Waals surface area contributed by atoms with Gasteiger partial charge in [-0.25, -0.2) is 0 Å². The Morgan fingerprint density at radius 1 is 1.33 bits per heavy atom. The molecule has 0 fully saturated rings. The largest absolute Gasteiger partial charge is 0.393 e. The van der Waals surface area contributed by atoms with E-state index in [1.54, 1.807) is 0 Å². The van der Waals surface area contributed by atoms with E-state index in [0.717, 1.165) is 6.42 Å². The van der Waals surface area contributed by atoms with Crippen molar-refractivity contribution in [2.24, 2.45) is 17.4 Å². The van der Waals surface area contributed by atoms with Gasteiger partial charge in [0.2, 0.25) is 0 Å². The van der Waals surface area contributed by atoms with Crippen molar-refractivity contribution in [2.75, 3.05) is 6.54 Å². The Labute approximate surface area is 80.7 Å². The van der Waals surface area contributed by atoms with Crippen molar-refractivity contribution >= 4 is 17.2 Å². The van der Waals surface area contributed by atoms with Crippen LogP contribution in [-0.4, -0.2) is 11.5 Å². The molecule has 0 spiro atoms. The van der Waals surface area contributed by atoms with E-state index < -0.39 is 0 Å². The van der Waals surface area contributed by atoms with E-state index in [1.807, 2.05) is 0 Å². The maximum atomic E-state index is 5.52. The molecule has 0 aliphatic carbocycles. The van der Waals surface area contributed by atoms with Crippen LogP contribution < -0.4 is 11.5 Å². The van der Waals surface area contributed by atoms with Crippen LogP contribution in [0.25, 0.3) is 0 Å². The first-order valence-corrected chi connectivity index (χ1v) is 5.12. The van der Waals surface area contributed by atoms with Crippen molar-refractivity contribution in [1.29, 1.82) is 0 Å². The maximum Gasteiger partial charge on any atom is 0.0771 e. The molecule has 0 aromatic heterocycles. The molecule has 0 saturated carbocycles. The summed E-state index contributed by atoms with van der Waals surface area (Å²) in [6.07, 6.45) is 6.10. The predicted octanol–water partition coefficient (Wildman–Crippen LogP) is 1.82. The Kier molecular flexibility index (Phi) is 7.40. The van der Waals surface area contributed by atoms with Gasteiger partial charge in [0, 0.05) is 12.5 Å². The van der Waals surface area contributed by atoms with Gasteiger partial charge in [0.15, 0.2) is 0 Å². The molecule has 0 heterocycles. The van der Waals surface area contributed by atoms with Crippen LogP contribution in [-0.2, 0) is 0 Å². The molecule has 0 amide bonds. The average Bonchev–Trinajstić information content (AvgIpc) is 2.04. The van der Waals surface area contributed by atoms with Gasteiger partial charge < -0.3 is 11.5 Å². The minimum Gasteiger partial charge on any atom is -0.393 e. The molecule has 0 aromatic carbocycles. The summed E-state index contributed by atoms with van der Waals surface area (Å²) >= 11 is 4.89. The highest BCUT2D eigenvalue weighted by molar-refractivity contribution is 7.80. The first kappa shape index (κ1) is 11.8. The lowest BCUT2D eigenvalue weighted by molar-refractivity contribution is 0.559. The summed E-state index contributed by atoms with van der Waals surface area (Å²) < 4.78 is 0. The van der Waals surface area contributed by atoms with E-state index in [1.165, 1.54) is 25.7 Å². The first-order chi connectivity index (χ1) is 5.72. The van der Waals surface area contributed by atoms with Crippen LogP contribution in [0.4, 0.5) is 0 Å².